The minimum Gasteiger partial charge on any atom is -0.368 e. The van der Waals surface area contributed by atoms with E-state index in [2.05, 4.69) is 14.9 Å². The van der Waals surface area contributed by atoms with Gasteiger partial charge in [-0.3, -0.25) is 14.4 Å². The van der Waals surface area contributed by atoms with Crippen LogP contribution >= 0.6 is 11.8 Å². The van der Waals surface area contributed by atoms with E-state index in [0.29, 0.717) is 23.8 Å². The van der Waals surface area contributed by atoms with E-state index in [1.54, 1.807) is 6.92 Å². The Morgan fingerprint density at radius 3 is 2.38 bits per heavy atom. The number of carbonyl (C=O) groups is 2. The Hall–Kier alpha value is -2.61. The third kappa shape index (κ3) is 5.47. The lowest BCUT2D eigenvalue weighted by Crippen LogP contribution is -2.49. The first-order valence-electron chi connectivity index (χ1n) is 9.71. The van der Waals surface area contributed by atoms with Gasteiger partial charge in [0.15, 0.2) is 10.9 Å². The van der Waals surface area contributed by atoms with E-state index in [-0.39, 0.29) is 28.9 Å². The average Bonchev–Trinajstić information content (AvgIpc) is 2.71. The monoisotopic (exact) mass is 414 g/mol. The minimum absolute atomic E-state index is 0.0409. The molecule has 0 bridgehead atoms. The molecule has 0 radical (unpaired) electrons. The molecule has 7 nitrogen and oxygen atoms in total. The van der Waals surface area contributed by atoms with Gasteiger partial charge in [0, 0.05) is 43.5 Å². The maximum atomic E-state index is 12.6. The Morgan fingerprint density at radius 1 is 1.14 bits per heavy atom. The molecule has 1 N–H and O–H groups in total. The zero-order chi connectivity index (χ0) is 21.0. The molecule has 1 amide bonds. The quantitative estimate of drug-likeness (QED) is 0.444. The van der Waals surface area contributed by atoms with Crippen LogP contribution in [0.1, 0.15) is 42.7 Å². The third-order valence-electron chi connectivity index (χ3n) is 4.94. The summed E-state index contributed by atoms with van der Waals surface area (Å²) in [5.74, 6) is 0.501. The second kappa shape index (κ2) is 9.26. The van der Waals surface area contributed by atoms with Crippen LogP contribution < -0.4 is 10.5 Å². The highest BCUT2D eigenvalue weighted by Crippen LogP contribution is 2.19. The average molecular weight is 415 g/mol. The summed E-state index contributed by atoms with van der Waals surface area (Å²) in [4.78, 5) is 46.9. The van der Waals surface area contributed by atoms with Crippen molar-refractivity contribution in [3.05, 3.63) is 51.9 Å². The predicted octanol–water partition coefficient (Wildman–Crippen LogP) is 2.54. The molecule has 8 heteroatoms. The number of H-pyrrole nitrogens is 1. The van der Waals surface area contributed by atoms with E-state index < -0.39 is 0 Å². The summed E-state index contributed by atoms with van der Waals surface area (Å²) in [7, 11) is 0. The molecule has 0 spiro atoms. The van der Waals surface area contributed by atoms with Crippen molar-refractivity contribution in [1.29, 1.82) is 0 Å². The summed E-state index contributed by atoms with van der Waals surface area (Å²) >= 11 is 1.27. The normalized spacial score (nSPS) is 14.3. The summed E-state index contributed by atoms with van der Waals surface area (Å²) in [6.07, 6.45) is 0. The summed E-state index contributed by atoms with van der Waals surface area (Å²) < 4.78 is 0. The molecule has 0 saturated carbocycles. The fraction of sp³-hybridized carbons (Fsp3) is 0.429. The fourth-order valence-corrected chi connectivity index (χ4v) is 3.95. The number of anilines is 1. The van der Waals surface area contributed by atoms with Crippen LogP contribution in [0.4, 0.5) is 5.69 Å². The second-order valence-electron chi connectivity index (χ2n) is 7.39. The smallest absolute Gasteiger partial charge is 0.251 e. The minimum atomic E-state index is -0.192. The number of amides is 1. The molecule has 154 valence electrons. The predicted molar refractivity (Wildman–Crippen MR) is 115 cm³/mol. The lowest BCUT2D eigenvalue weighted by molar-refractivity contribution is -0.128. The number of rotatable bonds is 6. The lowest BCUT2D eigenvalue weighted by Gasteiger charge is -2.36. The van der Waals surface area contributed by atoms with Crippen molar-refractivity contribution in [2.45, 2.75) is 31.8 Å². The lowest BCUT2D eigenvalue weighted by atomic mass is 10.1. The number of Topliss-reactive ketones (excluding diaryl/α,β-unsaturated/α-hetero) is 1. The SMILES string of the molecule is CC(=O)c1ccc(N2CCN(C(=O)CSc3nc(C(C)C)cc(=O)[nH]3)CC2)cc1. The molecule has 1 aliphatic rings. The maximum absolute atomic E-state index is 12.6. The molecular formula is C21H26N4O3S. The number of nitrogens with one attached hydrogen (secondary N) is 1. The van der Waals surface area contributed by atoms with Crippen LogP contribution in [-0.2, 0) is 4.79 Å². The number of hydrogen-bond donors (Lipinski definition) is 1. The van der Waals surface area contributed by atoms with E-state index in [1.165, 1.54) is 17.8 Å². The summed E-state index contributed by atoms with van der Waals surface area (Å²) in [5, 5.41) is 0.485. The van der Waals surface area contributed by atoms with Gasteiger partial charge < -0.3 is 14.8 Å². The van der Waals surface area contributed by atoms with Crippen molar-refractivity contribution >= 4 is 29.1 Å². The van der Waals surface area contributed by atoms with E-state index in [0.717, 1.165) is 24.5 Å². The van der Waals surface area contributed by atoms with Crippen LogP contribution in [0.3, 0.4) is 0 Å². The van der Waals surface area contributed by atoms with Crippen molar-refractivity contribution < 1.29 is 9.59 Å². The number of piperazine rings is 1. The Balaban J connectivity index is 1.52. The number of nitrogens with zero attached hydrogens (tertiary/aromatic N) is 3. The first-order chi connectivity index (χ1) is 13.8. The molecule has 1 aromatic carbocycles. The molecule has 0 atom stereocenters. The van der Waals surface area contributed by atoms with E-state index in [9.17, 15) is 14.4 Å². The first kappa shape index (κ1) is 21.1. The summed E-state index contributed by atoms with van der Waals surface area (Å²) in [5.41, 5.74) is 2.30. The highest BCUT2D eigenvalue weighted by Gasteiger charge is 2.21. The highest BCUT2D eigenvalue weighted by molar-refractivity contribution is 7.99. The zero-order valence-electron chi connectivity index (χ0n) is 17.0. The fourth-order valence-electron chi connectivity index (χ4n) is 3.16. The molecule has 1 fully saturated rings. The van der Waals surface area contributed by atoms with Gasteiger partial charge in [0.05, 0.1) is 11.4 Å². The number of aromatic amines is 1. The molecule has 29 heavy (non-hydrogen) atoms. The van der Waals surface area contributed by atoms with Gasteiger partial charge in [-0.15, -0.1) is 0 Å². The Labute approximate surface area is 174 Å². The number of benzene rings is 1. The Kier molecular flexibility index (Phi) is 6.74. The topological polar surface area (TPSA) is 86.4 Å². The second-order valence-corrected chi connectivity index (χ2v) is 8.35. The van der Waals surface area contributed by atoms with Crippen molar-refractivity contribution in [2.75, 3.05) is 36.8 Å². The van der Waals surface area contributed by atoms with Gasteiger partial charge in [-0.05, 0) is 37.1 Å². The van der Waals surface area contributed by atoms with Gasteiger partial charge in [0.25, 0.3) is 5.56 Å². The molecule has 1 aromatic heterocycles. The molecule has 0 aliphatic carbocycles. The van der Waals surface area contributed by atoms with Gasteiger partial charge in [-0.1, -0.05) is 25.6 Å². The van der Waals surface area contributed by atoms with Crippen molar-refractivity contribution in [2.24, 2.45) is 0 Å². The molecule has 2 heterocycles. The number of aromatic nitrogens is 2. The van der Waals surface area contributed by atoms with Gasteiger partial charge in [0.2, 0.25) is 5.91 Å². The van der Waals surface area contributed by atoms with Gasteiger partial charge >= 0.3 is 0 Å². The summed E-state index contributed by atoms with van der Waals surface area (Å²) in [6.45, 7) is 8.29. The largest absolute Gasteiger partial charge is 0.368 e. The molecular weight excluding hydrogens is 388 g/mol. The van der Waals surface area contributed by atoms with Crippen LogP contribution in [0.25, 0.3) is 0 Å². The van der Waals surface area contributed by atoms with E-state index in [4.69, 9.17) is 0 Å². The molecule has 3 rings (SSSR count). The van der Waals surface area contributed by atoms with Crippen molar-refractivity contribution in [1.82, 2.24) is 14.9 Å². The van der Waals surface area contributed by atoms with Gasteiger partial charge in [-0.25, -0.2) is 4.98 Å². The number of ketones is 1. The van der Waals surface area contributed by atoms with Crippen LogP contribution in [0.2, 0.25) is 0 Å². The summed E-state index contributed by atoms with van der Waals surface area (Å²) in [6, 6.07) is 9.08. The van der Waals surface area contributed by atoms with Crippen LogP contribution in [0.15, 0.2) is 40.3 Å². The van der Waals surface area contributed by atoms with Crippen LogP contribution in [0.5, 0.6) is 0 Å². The molecule has 2 aromatic rings. The molecule has 0 unspecified atom stereocenters. The van der Waals surface area contributed by atoms with Crippen molar-refractivity contribution in [3.8, 4) is 0 Å². The third-order valence-corrected chi connectivity index (χ3v) is 5.79. The number of thioether (sulfide) groups is 1. The van der Waals surface area contributed by atoms with Crippen molar-refractivity contribution in [3.63, 3.8) is 0 Å². The number of carbonyl (C=O) groups excluding carboxylic acids is 2. The van der Waals surface area contributed by atoms with Crippen LogP contribution in [0, 0.1) is 0 Å². The number of hydrogen-bond acceptors (Lipinski definition) is 6. The molecule has 1 saturated heterocycles. The maximum Gasteiger partial charge on any atom is 0.251 e. The Morgan fingerprint density at radius 2 is 1.79 bits per heavy atom. The standard InChI is InChI=1S/C21H26N4O3S/c1-14(2)18-12-19(27)23-21(22-18)29-13-20(28)25-10-8-24(9-11-25)17-6-4-16(5-7-17)15(3)26/h4-7,12,14H,8-11,13H2,1-3H3,(H,22,23,27). The molecule has 1 aliphatic heterocycles. The van der Waals surface area contributed by atoms with E-state index in [1.807, 2.05) is 43.0 Å². The zero-order valence-corrected chi connectivity index (χ0v) is 17.8. The van der Waals surface area contributed by atoms with Gasteiger partial charge in [0.1, 0.15) is 0 Å². The highest BCUT2D eigenvalue weighted by atomic mass is 32.2. The van der Waals surface area contributed by atoms with E-state index >= 15 is 0 Å². The van der Waals surface area contributed by atoms with Gasteiger partial charge in [-0.2, -0.15) is 0 Å². The first-order valence-corrected chi connectivity index (χ1v) is 10.7. The van der Waals surface area contributed by atoms with Crippen LogP contribution in [-0.4, -0.2) is 58.5 Å². The Bertz CT molecular complexity index is 932.